The Labute approximate surface area is 181 Å². The third-order valence-electron chi connectivity index (χ3n) is 4.12. The summed E-state index contributed by atoms with van der Waals surface area (Å²) in [5.74, 6) is -1.93. The molecular formula is C19H24FN3O6S2. The van der Waals surface area contributed by atoms with Crippen LogP contribution in [0.4, 0.5) is 15.8 Å². The van der Waals surface area contributed by atoms with E-state index in [9.17, 15) is 26.0 Å². The van der Waals surface area contributed by atoms with E-state index in [4.69, 9.17) is 4.74 Å². The summed E-state index contributed by atoms with van der Waals surface area (Å²) in [6, 6.07) is 7.85. The molecular weight excluding hydrogens is 449 g/mol. The van der Waals surface area contributed by atoms with Gasteiger partial charge in [0.15, 0.2) is 0 Å². The van der Waals surface area contributed by atoms with Crippen LogP contribution in [0, 0.1) is 11.7 Å². The fourth-order valence-electron chi connectivity index (χ4n) is 2.66. The van der Waals surface area contributed by atoms with Crippen LogP contribution in [0.3, 0.4) is 0 Å². The Morgan fingerprint density at radius 3 is 2.26 bits per heavy atom. The number of benzene rings is 2. The molecule has 0 aliphatic heterocycles. The van der Waals surface area contributed by atoms with E-state index in [2.05, 4.69) is 14.8 Å². The van der Waals surface area contributed by atoms with Crippen molar-refractivity contribution in [3.63, 3.8) is 0 Å². The van der Waals surface area contributed by atoms with Crippen molar-refractivity contribution in [2.24, 2.45) is 5.92 Å². The van der Waals surface area contributed by atoms with Gasteiger partial charge in [0.1, 0.15) is 22.5 Å². The Hall–Kier alpha value is -2.70. The standard InChI is InChI=1S/C19H24FN3O6S2/c1-12(2)18(23-31(27,28)17-8-6-5-7-14(17)20)19(24)21-13-9-10-15(16(11-13)29-3)22-30(4,25)26/h5-12,18,22-23H,1-4H3,(H,21,24)/t18-/m0/s1. The van der Waals surface area contributed by atoms with Crippen molar-refractivity contribution in [2.45, 2.75) is 24.8 Å². The van der Waals surface area contributed by atoms with Gasteiger partial charge in [0.2, 0.25) is 26.0 Å². The molecule has 170 valence electrons. The molecule has 2 rings (SSSR count). The number of carbonyl (C=O) groups excluding carboxylic acids is 1. The lowest BCUT2D eigenvalue weighted by molar-refractivity contribution is -0.118. The summed E-state index contributed by atoms with van der Waals surface area (Å²) >= 11 is 0. The second-order valence-corrected chi connectivity index (χ2v) is 10.5. The summed E-state index contributed by atoms with van der Waals surface area (Å²) in [5.41, 5.74) is 0.417. The van der Waals surface area contributed by atoms with Gasteiger partial charge in [-0.15, -0.1) is 0 Å². The largest absolute Gasteiger partial charge is 0.494 e. The molecule has 0 radical (unpaired) electrons. The van der Waals surface area contributed by atoms with Gasteiger partial charge in [0.25, 0.3) is 0 Å². The predicted molar refractivity (Wildman–Crippen MR) is 115 cm³/mol. The molecule has 0 unspecified atom stereocenters. The van der Waals surface area contributed by atoms with Gasteiger partial charge in [0.05, 0.1) is 19.1 Å². The molecule has 1 atom stereocenters. The van der Waals surface area contributed by atoms with E-state index < -0.39 is 48.6 Å². The van der Waals surface area contributed by atoms with Crippen molar-refractivity contribution in [1.29, 1.82) is 0 Å². The zero-order valence-electron chi connectivity index (χ0n) is 17.3. The maximum atomic E-state index is 13.9. The van der Waals surface area contributed by atoms with Crippen molar-refractivity contribution in [3.05, 3.63) is 48.3 Å². The minimum Gasteiger partial charge on any atom is -0.494 e. The first-order chi connectivity index (χ1) is 14.3. The molecule has 9 nitrogen and oxygen atoms in total. The topological polar surface area (TPSA) is 131 Å². The first kappa shape index (κ1) is 24.6. The maximum Gasteiger partial charge on any atom is 0.244 e. The normalized spacial score (nSPS) is 13.0. The second kappa shape index (κ2) is 9.62. The molecule has 2 aromatic rings. The van der Waals surface area contributed by atoms with Gasteiger partial charge in [-0.1, -0.05) is 26.0 Å². The zero-order chi connectivity index (χ0) is 23.4. The summed E-state index contributed by atoms with van der Waals surface area (Å²) in [6.45, 7) is 3.27. The summed E-state index contributed by atoms with van der Waals surface area (Å²) < 4.78 is 71.7. The molecule has 0 heterocycles. The summed E-state index contributed by atoms with van der Waals surface area (Å²) in [4.78, 5) is 12.2. The number of rotatable bonds is 9. The number of hydrogen-bond acceptors (Lipinski definition) is 6. The van der Waals surface area contributed by atoms with Gasteiger partial charge in [-0.3, -0.25) is 9.52 Å². The Balaban J connectivity index is 2.26. The van der Waals surface area contributed by atoms with Crippen molar-refractivity contribution in [2.75, 3.05) is 23.4 Å². The van der Waals surface area contributed by atoms with Gasteiger partial charge in [-0.05, 0) is 30.2 Å². The fraction of sp³-hybridized carbons (Fsp3) is 0.316. The van der Waals surface area contributed by atoms with E-state index >= 15 is 0 Å². The van der Waals surface area contributed by atoms with Crippen LogP contribution in [-0.2, 0) is 24.8 Å². The van der Waals surface area contributed by atoms with Crippen LogP contribution < -0.4 is 19.5 Å². The Kier molecular flexibility index (Phi) is 7.63. The van der Waals surface area contributed by atoms with Crippen molar-refractivity contribution >= 4 is 37.3 Å². The highest BCUT2D eigenvalue weighted by atomic mass is 32.2. The molecule has 0 bridgehead atoms. The maximum absolute atomic E-state index is 13.9. The lowest BCUT2D eigenvalue weighted by Crippen LogP contribution is -2.47. The average Bonchev–Trinajstić information content (AvgIpc) is 2.66. The molecule has 2 aromatic carbocycles. The zero-order valence-corrected chi connectivity index (χ0v) is 19.0. The quantitative estimate of drug-likeness (QED) is 0.512. The number of carbonyl (C=O) groups is 1. The summed E-state index contributed by atoms with van der Waals surface area (Å²) in [6.07, 6.45) is 0.983. The highest BCUT2D eigenvalue weighted by Crippen LogP contribution is 2.29. The molecule has 0 aliphatic carbocycles. The number of anilines is 2. The Bertz CT molecular complexity index is 1170. The fourth-order valence-corrected chi connectivity index (χ4v) is 4.65. The smallest absolute Gasteiger partial charge is 0.244 e. The third kappa shape index (κ3) is 6.64. The number of hydrogen-bond donors (Lipinski definition) is 3. The first-order valence-electron chi connectivity index (χ1n) is 9.07. The number of nitrogens with one attached hydrogen (secondary N) is 3. The predicted octanol–water partition coefficient (Wildman–Crippen LogP) is 2.15. The van der Waals surface area contributed by atoms with Gasteiger partial charge < -0.3 is 10.1 Å². The minimum absolute atomic E-state index is 0.149. The van der Waals surface area contributed by atoms with Gasteiger partial charge in [-0.25, -0.2) is 21.2 Å². The molecule has 0 aliphatic rings. The molecule has 0 saturated carbocycles. The Morgan fingerprint density at radius 1 is 1.06 bits per heavy atom. The number of sulfonamides is 2. The van der Waals surface area contributed by atoms with Crippen molar-refractivity contribution in [1.82, 2.24) is 4.72 Å². The third-order valence-corrected chi connectivity index (χ3v) is 6.19. The van der Waals surface area contributed by atoms with Crippen molar-refractivity contribution < 1.29 is 30.8 Å². The van der Waals surface area contributed by atoms with Crippen LogP contribution in [0.2, 0.25) is 0 Å². The van der Waals surface area contributed by atoms with E-state index in [1.807, 2.05) is 0 Å². The molecule has 0 aromatic heterocycles. The van der Waals surface area contributed by atoms with Crippen LogP contribution in [-0.4, -0.2) is 42.2 Å². The van der Waals surface area contributed by atoms with Gasteiger partial charge in [0, 0.05) is 11.8 Å². The number of amides is 1. The lowest BCUT2D eigenvalue weighted by Gasteiger charge is -2.22. The van der Waals surface area contributed by atoms with Crippen LogP contribution in [0.25, 0.3) is 0 Å². The first-order valence-corrected chi connectivity index (χ1v) is 12.4. The molecule has 3 N–H and O–H groups in total. The van der Waals surface area contributed by atoms with E-state index in [0.717, 1.165) is 18.4 Å². The average molecular weight is 474 g/mol. The summed E-state index contributed by atoms with van der Waals surface area (Å²) in [7, 11) is -6.52. The van der Waals surface area contributed by atoms with E-state index in [0.29, 0.717) is 0 Å². The molecule has 0 saturated heterocycles. The Morgan fingerprint density at radius 2 is 1.71 bits per heavy atom. The van der Waals surface area contributed by atoms with Crippen molar-refractivity contribution in [3.8, 4) is 5.75 Å². The SMILES string of the molecule is COc1cc(NC(=O)[C@@H](NS(=O)(=O)c2ccccc2F)C(C)C)ccc1NS(C)(=O)=O. The number of halogens is 1. The highest BCUT2D eigenvalue weighted by molar-refractivity contribution is 7.92. The molecule has 1 amide bonds. The van der Waals surface area contributed by atoms with Crippen LogP contribution in [0.1, 0.15) is 13.8 Å². The monoisotopic (exact) mass is 473 g/mol. The molecule has 0 spiro atoms. The summed E-state index contributed by atoms with van der Waals surface area (Å²) in [5, 5.41) is 2.56. The van der Waals surface area contributed by atoms with Gasteiger partial charge in [-0.2, -0.15) is 4.72 Å². The molecule has 12 heteroatoms. The number of ether oxygens (including phenoxy) is 1. The van der Waals surface area contributed by atoms with Gasteiger partial charge >= 0.3 is 0 Å². The second-order valence-electron chi connectivity index (χ2n) is 7.05. The van der Waals surface area contributed by atoms with Crippen LogP contribution in [0.15, 0.2) is 47.4 Å². The highest BCUT2D eigenvalue weighted by Gasteiger charge is 2.30. The number of methoxy groups -OCH3 is 1. The van der Waals surface area contributed by atoms with E-state index in [1.54, 1.807) is 13.8 Å². The van der Waals surface area contributed by atoms with E-state index in [-0.39, 0.29) is 17.1 Å². The van der Waals surface area contributed by atoms with E-state index in [1.165, 1.54) is 37.4 Å². The van der Waals surface area contributed by atoms with Crippen LogP contribution in [0.5, 0.6) is 5.75 Å². The molecule has 0 fully saturated rings. The minimum atomic E-state index is -4.30. The van der Waals surface area contributed by atoms with Crippen LogP contribution >= 0.6 is 0 Å². The molecule has 31 heavy (non-hydrogen) atoms. The lowest BCUT2D eigenvalue weighted by atomic mass is 10.0.